The number of nitro groups is 1. The number of nitrogens with zero attached hydrogens (tertiary/aromatic N) is 2. The van der Waals surface area contributed by atoms with E-state index in [0.717, 1.165) is 0 Å². The standard InChI is InChI=1S/C12H12N2O5/c1-13(2)12(15)4-3-8-5-10-11(19-7-18-10)6-9(8)14(16)17/h3-6H,7H2,1-2H3/b4-3+. The summed E-state index contributed by atoms with van der Waals surface area (Å²) >= 11 is 0. The van der Waals surface area contributed by atoms with Crippen LogP contribution in [-0.2, 0) is 4.79 Å². The van der Waals surface area contributed by atoms with Crippen LogP contribution in [0.3, 0.4) is 0 Å². The van der Waals surface area contributed by atoms with Crippen LogP contribution in [0, 0.1) is 10.1 Å². The topological polar surface area (TPSA) is 81.9 Å². The molecule has 2 rings (SSSR count). The minimum absolute atomic E-state index is 0.0380. The normalized spacial score (nSPS) is 12.7. The second-order valence-corrected chi connectivity index (χ2v) is 4.09. The number of carbonyl (C=O) groups is 1. The van der Waals surface area contributed by atoms with Gasteiger partial charge in [-0.25, -0.2) is 0 Å². The van der Waals surface area contributed by atoms with Gasteiger partial charge in [-0.3, -0.25) is 14.9 Å². The number of hydrogen-bond donors (Lipinski definition) is 0. The number of fused-ring (bicyclic) bond motifs is 1. The summed E-state index contributed by atoms with van der Waals surface area (Å²) in [6.07, 6.45) is 2.66. The van der Waals surface area contributed by atoms with E-state index in [4.69, 9.17) is 9.47 Å². The van der Waals surface area contributed by atoms with Crippen molar-refractivity contribution in [2.75, 3.05) is 20.9 Å². The van der Waals surface area contributed by atoms with Crippen LogP contribution in [0.1, 0.15) is 5.56 Å². The largest absolute Gasteiger partial charge is 0.454 e. The van der Waals surface area contributed by atoms with Crippen molar-refractivity contribution in [1.29, 1.82) is 0 Å². The first-order valence-electron chi connectivity index (χ1n) is 5.46. The monoisotopic (exact) mass is 264 g/mol. The number of benzene rings is 1. The van der Waals surface area contributed by atoms with Gasteiger partial charge in [-0.05, 0) is 12.1 Å². The van der Waals surface area contributed by atoms with Crippen molar-refractivity contribution in [2.24, 2.45) is 0 Å². The summed E-state index contributed by atoms with van der Waals surface area (Å²) in [5.74, 6) is 0.511. The average molecular weight is 264 g/mol. The van der Waals surface area contributed by atoms with Crippen LogP contribution in [0.15, 0.2) is 18.2 Å². The first-order chi connectivity index (χ1) is 8.99. The van der Waals surface area contributed by atoms with Crippen LogP contribution in [0.4, 0.5) is 5.69 Å². The van der Waals surface area contributed by atoms with Gasteiger partial charge in [0, 0.05) is 20.2 Å². The van der Waals surface area contributed by atoms with Gasteiger partial charge in [0.1, 0.15) is 0 Å². The van der Waals surface area contributed by atoms with Crippen molar-refractivity contribution in [3.8, 4) is 11.5 Å². The summed E-state index contributed by atoms with van der Waals surface area (Å²) < 4.78 is 10.2. The lowest BCUT2D eigenvalue weighted by molar-refractivity contribution is -0.385. The van der Waals surface area contributed by atoms with Crippen LogP contribution < -0.4 is 9.47 Å². The highest BCUT2D eigenvalue weighted by atomic mass is 16.7. The molecular formula is C12H12N2O5. The first-order valence-corrected chi connectivity index (χ1v) is 5.46. The molecule has 7 heteroatoms. The summed E-state index contributed by atoms with van der Waals surface area (Å²) in [5, 5.41) is 11.0. The Bertz CT molecular complexity index is 565. The van der Waals surface area contributed by atoms with E-state index in [-0.39, 0.29) is 18.4 Å². The Hall–Kier alpha value is -2.57. The number of amides is 1. The molecule has 1 amide bonds. The zero-order chi connectivity index (χ0) is 14.0. The molecule has 0 bridgehead atoms. The highest BCUT2D eigenvalue weighted by molar-refractivity contribution is 5.92. The molecule has 0 atom stereocenters. The molecule has 1 aliphatic rings. The predicted molar refractivity (Wildman–Crippen MR) is 66.9 cm³/mol. The van der Waals surface area contributed by atoms with Gasteiger partial charge in [-0.1, -0.05) is 0 Å². The van der Waals surface area contributed by atoms with E-state index in [2.05, 4.69) is 0 Å². The van der Waals surface area contributed by atoms with E-state index in [1.165, 1.54) is 29.2 Å². The predicted octanol–water partition coefficient (Wildman–Crippen LogP) is 1.42. The Kier molecular flexibility index (Phi) is 3.37. The zero-order valence-corrected chi connectivity index (χ0v) is 10.5. The van der Waals surface area contributed by atoms with E-state index in [9.17, 15) is 14.9 Å². The van der Waals surface area contributed by atoms with E-state index in [0.29, 0.717) is 17.1 Å². The Balaban J connectivity index is 2.39. The third-order valence-corrected chi connectivity index (χ3v) is 2.56. The summed E-state index contributed by atoms with van der Waals surface area (Å²) in [6.45, 7) is 0.0380. The number of rotatable bonds is 3. The van der Waals surface area contributed by atoms with Crippen LogP contribution in [0.2, 0.25) is 0 Å². The van der Waals surface area contributed by atoms with Crippen molar-refractivity contribution in [3.63, 3.8) is 0 Å². The Morgan fingerprint density at radius 1 is 1.37 bits per heavy atom. The third-order valence-electron chi connectivity index (χ3n) is 2.56. The summed E-state index contributed by atoms with van der Waals surface area (Å²) in [5.41, 5.74) is 0.163. The minimum atomic E-state index is -0.526. The molecule has 0 saturated heterocycles. The van der Waals surface area contributed by atoms with Crippen molar-refractivity contribution in [2.45, 2.75) is 0 Å². The number of carbonyl (C=O) groups excluding carboxylic acids is 1. The second-order valence-electron chi connectivity index (χ2n) is 4.09. The van der Waals surface area contributed by atoms with Gasteiger partial charge in [0.25, 0.3) is 5.69 Å². The lowest BCUT2D eigenvalue weighted by Crippen LogP contribution is -2.18. The highest BCUT2D eigenvalue weighted by Gasteiger charge is 2.22. The molecule has 0 N–H and O–H groups in total. The van der Waals surface area contributed by atoms with Crippen LogP contribution in [-0.4, -0.2) is 36.6 Å². The number of nitro benzene ring substituents is 1. The van der Waals surface area contributed by atoms with Crippen molar-refractivity contribution in [3.05, 3.63) is 33.9 Å². The van der Waals surface area contributed by atoms with Gasteiger partial charge in [0.15, 0.2) is 11.5 Å². The maximum atomic E-state index is 11.4. The van der Waals surface area contributed by atoms with Gasteiger partial charge >= 0.3 is 0 Å². The van der Waals surface area contributed by atoms with Gasteiger partial charge in [-0.15, -0.1) is 0 Å². The van der Waals surface area contributed by atoms with Gasteiger partial charge in [-0.2, -0.15) is 0 Å². The molecule has 1 aliphatic heterocycles. The van der Waals surface area contributed by atoms with Gasteiger partial charge < -0.3 is 14.4 Å². The third kappa shape index (κ3) is 2.65. The van der Waals surface area contributed by atoms with E-state index < -0.39 is 4.92 Å². The van der Waals surface area contributed by atoms with E-state index in [1.807, 2.05) is 0 Å². The molecule has 0 unspecified atom stereocenters. The average Bonchev–Trinajstić information content (AvgIpc) is 2.81. The number of hydrogen-bond acceptors (Lipinski definition) is 5. The van der Waals surface area contributed by atoms with Gasteiger partial charge in [0.2, 0.25) is 12.7 Å². The lowest BCUT2D eigenvalue weighted by Gasteiger charge is -2.05. The molecule has 1 heterocycles. The van der Waals surface area contributed by atoms with Crippen molar-refractivity contribution >= 4 is 17.7 Å². The lowest BCUT2D eigenvalue weighted by atomic mass is 10.1. The molecule has 100 valence electrons. The molecule has 0 aromatic heterocycles. The fourth-order valence-corrected chi connectivity index (χ4v) is 1.55. The molecule has 19 heavy (non-hydrogen) atoms. The molecule has 0 aliphatic carbocycles. The first kappa shape index (κ1) is 12.9. The van der Waals surface area contributed by atoms with E-state index in [1.54, 1.807) is 14.1 Å². The second kappa shape index (κ2) is 4.97. The molecule has 0 fully saturated rings. The fourth-order valence-electron chi connectivity index (χ4n) is 1.55. The number of likely N-dealkylation sites (N-methyl/N-ethyl adjacent to an activating group) is 1. The Morgan fingerprint density at radius 3 is 2.58 bits per heavy atom. The molecule has 0 radical (unpaired) electrons. The SMILES string of the molecule is CN(C)C(=O)/C=C/c1cc2c(cc1[N+](=O)[O-])OCO2. The van der Waals surface area contributed by atoms with Crippen molar-refractivity contribution < 1.29 is 19.2 Å². The maximum Gasteiger partial charge on any atom is 0.280 e. The molecule has 1 aromatic carbocycles. The Morgan fingerprint density at radius 2 is 2.00 bits per heavy atom. The molecule has 1 aromatic rings. The summed E-state index contributed by atoms with van der Waals surface area (Å²) in [4.78, 5) is 23.3. The van der Waals surface area contributed by atoms with Crippen LogP contribution in [0.25, 0.3) is 6.08 Å². The smallest absolute Gasteiger partial charge is 0.280 e. The van der Waals surface area contributed by atoms with Gasteiger partial charge in [0.05, 0.1) is 16.6 Å². The van der Waals surface area contributed by atoms with Crippen LogP contribution >= 0.6 is 0 Å². The Labute approximate surface area is 109 Å². The molecule has 7 nitrogen and oxygen atoms in total. The molecular weight excluding hydrogens is 252 g/mol. The van der Waals surface area contributed by atoms with E-state index >= 15 is 0 Å². The fraction of sp³-hybridized carbons (Fsp3) is 0.250. The number of ether oxygens (including phenoxy) is 2. The molecule has 0 spiro atoms. The van der Waals surface area contributed by atoms with Crippen LogP contribution in [0.5, 0.6) is 11.5 Å². The summed E-state index contributed by atoms with van der Waals surface area (Å²) in [6, 6.07) is 2.78. The van der Waals surface area contributed by atoms with Crippen molar-refractivity contribution in [1.82, 2.24) is 4.90 Å². The quantitative estimate of drug-likeness (QED) is 0.468. The summed E-state index contributed by atoms with van der Waals surface area (Å²) in [7, 11) is 3.20. The highest BCUT2D eigenvalue weighted by Crippen LogP contribution is 2.38. The maximum absolute atomic E-state index is 11.4. The minimum Gasteiger partial charge on any atom is -0.454 e. The molecule has 0 saturated carbocycles. The zero-order valence-electron chi connectivity index (χ0n) is 10.5.